The van der Waals surface area contributed by atoms with Gasteiger partial charge in [-0.25, -0.2) is 4.39 Å². The van der Waals surface area contributed by atoms with Crippen molar-refractivity contribution in [1.29, 1.82) is 0 Å². The van der Waals surface area contributed by atoms with Crippen LogP contribution in [0.25, 0.3) is 0 Å². The first-order chi connectivity index (χ1) is 13.0. The quantitative estimate of drug-likeness (QED) is 0.611. The van der Waals surface area contributed by atoms with Crippen molar-refractivity contribution in [3.8, 4) is 5.75 Å². The molecular formula is C22H22FNO3. The summed E-state index contributed by atoms with van der Waals surface area (Å²) < 4.78 is 25.2. The van der Waals surface area contributed by atoms with Gasteiger partial charge in [0.25, 0.3) is 5.91 Å². The summed E-state index contributed by atoms with van der Waals surface area (Å²) in [5, 5.41) is 0. The van der Waals surface area contributed by atoms with Gasteiger partial charge in [0.2, 0.25) is 0 Å². The third-order valence-electron chi connectivity index (χ3n) is 4.35. The summed E-state index contributed by atoms with van der Waals surface area (Å²) in [6.07, 6.45) is 1.55. The van der Waals surface area contributed by atoms with Gasteiger partial charge in [0, 0.05) is 12.1 Å². The second-order valence-electron chi connectivity index (χ2n) is 6.43. The number of halogens is 1. The molecule has 0 fully saturated rings. The first-order valence-corrected chi connectivity index (χ1v) is 8.77. The number of nitrogens with zero attached hydrogens (tertiary/aromatic N) is 1. The fourth-order valence-corrected chi connectivity index (χ4v) is 2.91. The van der Waals surface area contributed by atoms with Crippen molar-refractivity contribution < 1.29 is 18.3 Å². The molecule has 1 aromatic heterocycles. The fraction of sp³-hybridized carbons (Fsp3) is 0.227. The average Bonchev–Trinajstić information content (AvgIpc) is 3.15. The molecule has 0 saturated carbocycles. The van der Waals surface area contributed by atoms with Crippen LogP contribution in [-0.2, 0) is 17.9 Å². The van der Waals surface area contributed by atoms with Gasteiger partial charge in [-0.3, -0.25) is 4.79 Å². The molecule has 0 radical (unpaired) electrons. The molecule has 4 nitrogen and oxygen atoms in total. The Morgan fingerprint density at radius 2 is 1.74 bits per heavy atom. The highest BCUT2D eigenvalue weighted by atomic mass is 19.1. The second kappa shape index (κ2) is 8.54. The van der Waals surface area contributed by atoms with E-state index in [1.807, 2.05) is 32.0 Å². The van der Waals surface area contributed by atoms with E-state index in [1.165, 1.54) is 11.0 Å². The molecule has 0 aliphatic rings. The van der Waals surface area contributed by atoms with Crippen molar-refractivity contribution in [3.63, 3.8) is 0 Å². The van der Waals surface area contributed by atoms with Crippen molar-refractivity contribution in [1.82, 2.24) is 4.90 Å². The fourth-order valence-electron chi connectivity index (χ4n) is 2.91. The molecule has 0 unspecified atom stereocenters. The summed E-state index contributed by atoms with van der Waals surface area (Å²) in [4.78, 5) is 14.4. The average molecular weight is 367 g/mol. The van der Waals surface area contributed by atoms with E-state index >= 15 is 0 Å². The molecule has 1 amide bonds. The number of furan rings is 1. The first kappa shape index (κ1) is 18.7. The normalized spacial score (nSPS) is 10.6. The van der Waals surface area contributed by atoms with Gasteiger partial charge in [-0.2, -0.15) is 0 Å². The zero-order chi connectivity index (χ0) is 19.2. The standard InChI is InChI=1S/C22H22FNO3/c1-16-7-5-8-17(2)22(16)27-15-21(25)24(14-19-10-6-12-26-19)13-18-9-3-4-11-20(18)23/h3-12H,13-15H2,1-2H3. The van der Waals surface area contributed by atoms with E-state index in [2.05, 4.69) is 0 Å². The van der Waals surface area contributed by atoms with E-state index < -0.39 is 0 Å². The van der Waals surface area contributed by atoms with Crippen LogP contribution in [0.4, 0.5) is 4.39 Å². The smallest absolute Gasteiger partial charge is 0.261 e. The molecule has 0 aliphatic heterocycles. The van der Waals surface area contributed by atoms with Crippen molar-refractivity contribution in [3.05, 3.63) is 89.1 Å². The van der Waals surface area contributed by atoms with E-state index in [9.17, 15) is 9.18 Å². The number of aryl methyl sites for hydroxylation is 2. The third kappa shape index (κ3) is 4.76. The molecule has 27 heavy (non-hydrogen) atoms. The van der Waals surface area contributed by atoms with E-state index in [1.54, 1.807) is 36.6 Å². The Bertz CT molecular complexity index is 885. The Morgan fingerprint density at radius 3 is 2.41 bits per heavy atom. The van der Waals surface area contributed by atoms with Crippen LogP contribution in [0.3, 0.4) is 0 Å². The van der Waals surface area contributed by atoms with Crippen LogP contribution in [0.15, 0.2) is 65.3 Å². The largest absolute Gasteiger partial charge is 0.483 e. The van der Waals surface area contributed by atoms with Crippen molar-refractivity contribution in [2.75, 3.05) is 6.61 Å². The van der Waals surface area contributed by atoms with Crippen LogP contribution in [0, 0.1) is 19.7 Å². The zero-order valence-electron chi connectivity index (χ0n) is 15.4. The maximum atomic E-state index is 14.1. The number of rotatable bonds is 7. The van der Waals surface area contributed by atoms with E-state index in [0.29, 0.717) is 17.1 Å². The van der Waals surface area contributed by atoms with Crippen LogP contribution >= 0.6 is 0 Å². The highest BCUT2D eigenvalue weighted by Crippen LogP contribution is 2.22. The third-order valence-corrected chi connectivity index (χ3v) is 4.35. The molecule has 0 saturated heterocycles. The Labute approximate surface area is 158 Å². The molecule has 0 bridgehead atoms. The topological polar surface area (TPSA) is 42.7 Å². The van der Waals surface area contributed by atoms with Gasteiger partial charge in [0.05, 0.1) is 12.8 Å². The Morgan fingerprint density at radius 1 is 1.00 bits per heavy atom. The molecule has 2 aromatic carbocycles. The molecule has 0 spiro atoms. The Hall–Kier alpha value is -3.08. The van der Waals surface area contributed by atoms with Crippen LogP contribution in [0.1, 0.15) is 22.5 Å². The summed E-state index contributed by atoms with van der Waals surface area (Å²) in [6, 6.07) is 15.8. The molecule has 3 rings (SSSR count). The van der Waals surface area contributed by atoms with Crippen LogP contribution < -0.4 is 4.74 Å². The van der Waals surface area contributed by atoms with Gasteiger partial charge in [0.1, 0.15) is 17.3 Å². The van der Waals surface area contributed by atoms with Crippen LogP contribution in [0.2, 0.25) is 0 Å². The summed E-state index contributed by atoms with van der Waals surface area (Å²) in [5.74, 6) is 0.754. The van der Waals surface area contributed by atoms with Gasteiger partial charge >= 0.3 is 0 Å². The number of hydrogen-bond donors (Lipinski definition) is 0. The second-order valence-corrected chi connectivity index (χ2v) is 6.43. The summed E-state index contributed by atoms with van der Waals surface area (Å²) in [6.45, 7) is 4.14. The van der Waals surface area contributed by atoms with Crippen molar-refractivity contribution in [2.45, 2.75) is 26.9 Å². The molecular weight excluding hydrogens is 345 g/mol. The lowest BCUT2D eigenvalue weighted by Gasteiger charge is -2.23. The summed E-state index contributed by atoms with van der Waals surface area (Å²) in [7, 11) is 0. The number of amides is 1. The number of para-hydroxylation sites is 1. The van der Waals surface area contributed by atoms with Crippen molar-refractivity contribution >= 4 is 5.91 Å². The van der Waals surface area contributed by atoms with E-state index in [-0.39, 0.29) is 31.4 Å². The van der Waals surface area contributed by atoms with Crippen LogP contribution in [-0.4, -0.2) is 17.4 Å². The van der Waals surface area contributed by atoms with Crippen molar-refractivity contribution in [2.24, 2.45) is 0 Å². The predicted molar refractivity (Wildman–Crippen MR) is 101 cm³/mol. The minimum absolute atomic E-state index is 0.124. The van der Waals surface area contributed by atoms with Gasteiger partial charge in [-0.1, -0.05) is 36.4 Å². The van der Waals surface area contributed by atoms with Gasteiger partial charge < -0.3 is 14.1 Å². The Kier molecular flexibility index (Phi) is 5.91. The van der Waals surface area contributed by atoms with Gasteiger partial charge in [0.15, 0.2) is 6.61 Å². The first-order valence-electron chi connectivity index (χ1n) is 8.77. The summed E-state index contributed by atoms with van der Waals surface area (Å²) in [5.41, 5.74) is 2.38. The zero-order valence-corrected chi connectivity index (χ0v) is 15.4. The summed E-state index contributed by atoms with van der Waals surface area (Å²) >= 11 is 0. The number of hydrogen-bond acceptors (Lipinski definition) is 3. The van der Waals surface area contributed by atoms with E-state index in [4.69, 9.17) is 9.15 Å². The lowest BCUT2D eigenvalue weighted by atomic mass is 10.1. The number of ether oxygens (including phenoxy) is 1. The Balaban J connectivity index is 1.75. The molecule has 0 atom stereocenters. The molecule has 140 valence electrons. The number of carbonyl (C=O) groups is 1. The van der Waals surface area contributed by atoms with Crippen LogP contribution in [0.5, 0.6) is 5.75 Å². The maximum Gasteiger partial charge on any atom is 0.261 e. The predicted octanol–water partition coefficient (Wildman–Crippen LogP) is 4.64. The highest BCUT2D eigenvalue weighted by molar-refractivity contribution is 5.77. The lowest BCUT2D eigenvalue weighted by molar-refractivity contribution is -0.135. The molecule has 0 aliphatic carbocycles. The molecule has 5 heteroatoms. The minimum Gasteiger partial charge on any atom is -0.483 e. The SMILES string of the molecule is Cc1cccc(C)c1OCC(=O)N(Cc1ccco1)Cc1ccccc1F. The van der Waals surface area contributed by atoms with Gasteiger partial charge in [-0.15, -0.1) is 0 Å². The monoisotopic (exact) mass is 367 g/mol. The minimum atomic E-state index is -0.342. The molecule has 3 aromatic rings. The highest BCUT2D eigenvalue weighted by Gasteiger charge is 2.19. The molecule has 1 heterocycles. The number of carbonyl (C=O) groups excluding carboxylic acids is 1. The van der Waals surface area contributed by atoms with E-state index in [0.717, 1.165) is 11.1 Å². The maximum absolute atomic E-state index is 14.1. The lowest BCUT2D eigenvalue weighted by Crippen LogP contribution is -2.34. The molecule has 0 N–H and O–H groups in total. The van der Waals surface area contributed by atoms with Gasteiger partial charge in [-0.05, 0) is 43.2 Å². The number of benzene rings is 2.